The Bertz CT molecular complexity index is 352. The van der Waals surface area contributed by atoms with E-state index in [1.807, 2.05) is 18.2 Å². The lowest BCUT2D eigenvalue weighted by atomic mass is 9.64. The van der Waals surface area contributed by atoms with Crippen molar-refractivity contribution < 1.29 is 14.8 Å². The summed E-state index contributed by atoms with van der Waals surface area (Å²) in [6.07, 6.45) is 2.48. The van der Waals surface area contributed by atoms with Crippen molar-refractivity contribution in [3.63, 3.8) is 0 Å². The second kappa shape index (κ2) is 4.25. The van der Waals surface area contributed by atoms with E-state index in [9.17, 15) is 0 Å². The quantitative estimate of drug-likeness (QED) is 0.710. The third-order valence-electron chi connectivity index (χ3n) is 3.10. The number of ether oxygens (including phenoxy) is 1. The fourth-order valence-corrected chi connectivity index (χ4v) is 2.14. The molecule has 0 saturated heterocycles. The summed E-state index contributed by atoms with van der Waals surface area (Å²) < 4.78 is 5.16. The van der Waals surface area contributed by atoms with Crippen LogP contribution in [0.3, 0.4) is 0 Å². The van der Waals surface area contributed by atoms with E-state index in [1.165, 1.54) is 11.1 Å². The Morgan fingerprint density at radius 1 is 1.33 bits per heavy atom. The number of rotatable bonds is 2. The molecule has 1 atom stereocenters. The molecule has 1 aromatic rings. The summed E-state index contributed by atoms with van der Waals surface area (Å²) in [6.45, 7) is 0. The first-order chi connectivity index (χ1) is 7.20. The molecule has 80 valence electrons. The van der Waals surface area contributed by atoms with Crippen molar-refractivity contribution in [1.29, 1.82) is 0 Å². The van der Waals surface area contributed by atoms with E-state index in [-0.39, 0.29) is 5.82 Å². The lowest BCUT2D eigenvalue weighted by Crippen LogP contribution is -2.25. The van der Waals surface area contributed by atoms with Crippen LogP contribution in [0.5, 0.6) is 5.75 Å². The average molecular weight is 206 g/mol. The summed E-state index contributed by atoms with van der Waals surface area (Å²) in [7, 11) is 0.463. The molecule has 2 rings (SSSR count). The molecule has 1 aliphatic carbocycles. The minimum atomic E-state index is -1.19. The van der Waals surface area contributed by atoms with Crippen molar-refractivity contribution >= 4 is 7.12 Å². The second-order valence-electron chi connectivity index (χ2n) is 4.05. The van der Waals surface area contributed by atoms with Gasteiger partial charge in [-0.15, -0.1) is 0 Å². The van der Waals surface area contributed by atoms with E-state index >= 15 is 0 Å². The predicted octanol–water partition coefficient (Wildman–Crippen LogP) is 1.03. The Labute approximate surface area is 89.8 Å². The molecular weight excluding hydrogens is 191 g/mol. The summed E-state index contributed by atoms with van der Waals surface area (Å²) in [6, 6.07) is 5.98. The molecule has 2 N–H and O–H groups in total. The van der Waals surface area contributed by atoms with Gasteiger partial charge in [0.25, 0.3) is 0 Å². The summed E-state index contributed by atoms with van der Waals surface area (Å²) in [5.41, 5.74) is 2.48. The molecule has 0 bridgehead atoms. The van der Waals surface area contributed by atoms with Gasteiger partial charge in [0.1, 0.15) is 5.75 Å². The third-order valence-corrected chi connectivity index (χ3v) is 3.10. The van der Waals surface area contributed by atoms with Crippen LogP contribution in [0.15, 0.2) is 18.2 Å². The SMILES string of the molecule is COc1ccc2c(c1)CC[C@H](B(O)O)C2. The Morgan fingerprint density at radius 3 is 2.80 bits per heavy atom. The molecule has 0 unspecified atom stereocenters. The molecule has 1 aromatic carbocycles. The smallest absolute Gasteiger partial charge is 0.455 e. The van der Waals surface area contributed by atoms with Gasteiger partial charge < -0.3 is 14.8 Å². The van der Waals surface area contributed by atoms with Crippen molar-refractivity contribution in [3.05, 3.63) is 29.3 Å². The Morgan fingerprint density at radius 2 is 2.13 bits per heavy atom. The van der Waals surface area contributed by atoms with Crippen LogP contribution in [-0.2, 0) is 12.8 Å². The summed E-state index contributed by atoms with van der Waals surface area (Å²) in [4.78, 5) is 0. The lowest BCUT2D eigenvalue weighted by Gasteiger charge is -2.24. The third kappa shape index (κ3) is 2.16. The number of hydrogen-bond donors (Lipinski definition) is 2. The number of fused-ring (bicyclic) bond motifs is 1. The maximum atomic E-state index is 9.13. The van der Waals surface area contributed by atoms with Crippen LogP contribution in [0.4, 0.5) is 0 Å². The predicted molar refractivity (Wildman–Crippen MR) is 59.0 cm³/mol. The molecular formula is C11H15BO3. The zero-order valence-corrected chi connectivity index (χ0v) is 8.81. The van der Waals surface area contributed by atoms with Crippen LogP contribution in [0.1, 0.15) is 17.5 Å². The summed E-state index contributed by atoms with van der Waals surface area (Å²) >= 11 is 0. The van der Waals surface area contributed by atoms with Crippen molar-refractivity contribution in [3.8, 4) is 5.75 Å². The first-order valence-corrected chi connectivity index (χ1v) is 5.22. The monoisotopic (exact) mass is 206 g/mol. The first-order valence-electron chi connectivity index (χ1n) is 5.22. The molecule has 0 spiro atoms. The normalized spacial score (nSPS) is 19.5. The number of aryl methyl sites for hydroxylation is 1. The molecule has 0 saturated carbocycles. The van der Waals surface area contributed by atoms with Gasteiger partial charge in [0, 0.05) is 0 Å². The minimum Gasteiger partial charge on any atom is -0.497 e. The van der Waals surface area contributed by atoms with E-state index in [0.717, 1.165) is 25.0 Å². The van der Waals surface area contributed by atoms with Crippen molar-refractivity contribution in [2.75, 3.05) is 7.11 Å². The van der Waals surface area contributed by atoms with E-state index in [4.69, 9.17) is 14.8 Å². The molecule has 0 radical (unpaired) electrons. The van der Waals surface area contributed by atoms with Gasteiger partial charge in [0.15, 0.2) is 0 Å². The molecule has 0 aromatic heterocycles. The van der Waals surface area contributed by atoms with Gasteiger partial charge in [-0.25, -0.2) is 0 Å². The highest BCUT2D eigenvalue weighted by molar-refractivity contribution is 6.43. The molecule has 15 heavy (non-hydrogen) atoms. The number of benzene rings is 1. The van der Waals surface area contributed by atoms with Gasteiger partial charge in [0.05, 0.1) is 7.11 Å². The molecule has 0 amide bonds. The van der Waals surface area contributed by atoms with Crippen LogP contribution in [0.25, 0.3) is 0 Å². The topological polar surface area (TPSA) is 49.7 Å². The van der Waals surface area contributed by atoms with Gasteiger partial charge in [0.2, 0.25) is 0 Å². The Hall–Kier alpha value is -0.995. The Kier molecular flexibility index (Phi) is 2.98. The van der Waals surface area contributed by atoms with Gasteiger partial charge in [-0.1, -0.05) is 6.07 Å². The van der Waals surface area contributed by atoms with E-state index < -0.39 is 7.12 Å². The largest absolute Gasteiger partial charge is 0.497 e. The zero-order valence-electron chi connectivity index (χ0n) is 8.81. The molecule has 0 aliphatic heterocycles. The van der Waals surface area contributed by atoms with Crippen LogP contribution in [-0.4, -0.2) is 24.3 Å². The molecule has 1 aliphatic rings. The van der Waals surface area contributed by atoms with Crippen LogP contribution >= 0.6 is 0 Å². The molecule has 3 nitrogen and oxygen atoms in total. The maximum Gasteiger partial charge on any atom is 0.455 e. The van der Waals surface area contributed by atoms with Gasteiger partial charge in [-0.3, -0.25) is 0 Å². The van der Waals surface area contributed by atoms with Crippen molar-refractivity contribution in [1.82, 2.24) is 0 Å². The van der Waals surface area contributed by atoms with Crippen LogP contribution in [0.2, 0.25) is 5.82 Å². The highest BCUT2D eigenvalue weighted by atomic mass is 16.5. The van der Waals surface area contributed by atoms with E-state index in [0.29, 0.717) is 0 Å². The molecule has 4 heteroatoms. The zero-order chi connectivity index (χ0) is 10.8. The molecule has 0 heterocycles. The maximum absolute atomic E-state index is 9.13. The van der Waals surface area contributed by atoms with Gasteiger partial charge in [-0.05, 0) is 48.3 Å². The van der Waals surface area contributed by atoms with Crippen LogP contribution < -0.4 is 4.74 Å². The van der Waals surface area contributed by atoms with Crippen LogP contribution in [0, 0.1) is 0 Å². The highest BCUT2D eigenvalue weighted by Crippen LogP contribution is 2.32. The fourth-order valence-electron chi connectivity index (χ4n) is 2.14. The number of hydrogen-bond acceptors (Lipinski definition) is 3. The molecule has 0 fully saturated rings. The lowest BCUT2D eigenvalue weighted by molar-refractivity contribution is 0.373. The van der Waals surface area contributed by atoms with E-state index in [1.54, 1.807) is 7.11 Å². The van der Waals surface area contributed by atoms with Crippen molar-refractivity contribution in [2.24, 2.45) is 0 Å². The minimum absolute atomic E-state index is 0.0223. The second-order valence-corrected chi connectivity index (χ2v) is 4.05. The van der Waals surface area contributed by atoms with Crippen molar-refractivity contribution in [2.45, 2.75) is 25.1 Å². The number of methoxy groups -OCH3 is 1. The van der Waals surface area contributed by atoms with Gasteiger partial charge in [-0.2, -0.15) is 0 Å². The average Bonchev–Trinajstić information content (AvgIpc) is 2.27. The Balaban J connectivity index is 2.21. The highest BCUT2D eigenvalue weighted by Gasteiger charge is 2.27. The van der Waals surface area contributed by atoms with Gasteiger partial charge >= 0.3 is 7.12 Å². The van der Waals surface area contributed by atoms with E-state index in [2.05, 4.69) is 0 Å². The summed E-state index contributed by atoms with van der Waals surface area (Å²) in [5, 5.41) is 18.3. The fraction of sp³-hybridized carbons (Fsp3) is 0.455. The standard InChI is InChI=1S/C11H15BO3/c1-15-11-5-3-8-6-10(12(13)14)4-2-9(8)7-11/h3,5,7,10,13-14H,2,4,6H2,1H3/t10-/m0/s1. The first kappa shape index (κ1) is 10.5. The summed E-state index contributed by atoms with van der Waals surface area (Å²) in [5.74, 6) is 0.850.